The first-order valence-electron chi connectivity index (χ1n) is 6.98. The maximum atomic E-state index is 12.2. The third-order valence-electron chi connectivity index (χ3n) is 3.57. The number of primary amides is 1. The van der Waals surface area contributed by atoms with Crippen LogP contribution in [0.25, 0.3) is 0 Å². The number of benzene rings is 1. The van der Waals surface area contributed by atoms with Crippen molar-refractivity contribution >= 4 is 17.6 Å². The number of likely N-dealkylation sites (tertiary alicyclic amines) is 1. The fraction of sp³-hybridized carbons (Fsp3) is 0.467. The van der Waals surface area contributed by atoms with Gasteiger partial charge >= 0.3 is 6.03 Å². The smallest absolute Gasteiger partial charge is 0.321 e. The van der Waals surface area contributed by atoms with Gasteiger partial charge in [0.15, 0.2) is 0 Å². The molecule has 1 heterocycles. The summed E-state index contributed by atoms with van der Waals surface area (Å²) in [6, 6.07) is 7.16. The van der Waals surface area contributed by atoms with Crippen molar-refractivity contribution in [3.63, 3.8) is 0 Å². The molecular formula is C15H21N3O2. The summed E-state index contributed by atoms with van der Waals surface area (Å²) in [5.74, 6) is 0.133. The fourth-order valence-electron chi connectivity index (χ4n) is 2.55. The van der Waals surface area contributed by atoms with E-state index in [1.165, 1.54) is 6.42 Å². The minimum Gasteiger partial charge on any atom is -0.369 e. The van der Waals surface area contributed by atoms with E-state index in [-0.39, 0.29) is 12.5 Å². The van der Waals surface area contributed by atoms with E-state index in [2.05, 4.69) is 12.2 Å². The van der Waals surface area contributed by atoms with Crippen LogP contribution < -0.4 is 11.1 Å². The lowest BCUT2D eigenvalue weighted by atomic mass is 10.0. The monoisotopic (exact) mass is 275 g/mol. The number of carbonyl (C=O) groups is 2. The van der Waals surface area contributed by atoms with Gasteiger partial charge in [0.05, 0.1) is 6.42 Å². The number of nitrogens with zero attached hydrogens (tertiary/aromatic N) is 1. The van der Waals surface area contributed by atoms with Crippen LogP contribution in [0.4, 0.5) is 10.5 Å². The summed E-state index contributed by atoms with van der Waals surface area (Å²) < 4.78 is 0. The molecule has 108 valence electrons. The van der Waals surface area contributed by atoms with E-state index in [0.717, 1.165) is 25.1 Å². The molecule has 1 atom stereocenters. The van der Waals surface area contributed by atoms with Crippen LogP contribution in [-0.4, -0.2) is 29.9 Å². The quantitative estimate of drug-likeness (QED) is 0.885. The molecule has 5 heteroatoms. The third-order valence-corrected chi connectivity index (χ3v) is 3.57. The molecule has 1 saturated heterocycles. The van der Waals surface area contributed by atoms with E-state index in [9.17, 15) is 9.59 Å². The third kappa shape index (κ3) is 3.73. The van der Waals surface area contributed by atoms with Crippen molar-refractivity contribution in [2.75, 3.05) is 18.4 Å². The number of nitrogens with two attached hydrogens (primary N) is 1. The zero-order valence-electron chi connectivity index (χ0n) is 11.8. The normalized spacial score (nSPS) is 18.6. The number of anilines is 1. The molecule has 5 nitrogen and oxygen atoms in total. The van der Waals surface area contributed by atoms with Gasteiger partial charge in [0, 0.05) is 18.8 Å². The first-order valence-corrected chi connectivity index (χ1v) is 6.98. The summed E-state index contributed by atoms with van der Waals surface area (Å²) in [7, 11) is 0. The number of para-hydroxylation sites is 1. The first kappa shape index (κ1) is 14.4. The molecule has 3 N–H and O–H groups in total. The Morgan fingerprint density at radius 1 is 1.40 bits per heavy atom. The van der Waals surface area contributed by atoms with Gasteiger partial charge in [0.25, 0.3) is 0 Å². The molecule has 1 aromatic carbocycles. The fourth-order valence-corrected chi connectivity index (χ4v) is 2.55. The number of amides is 3. The standard InChI is InChI=1S/C15H21N3O2/c1-11-5-4-8-18(10-11)15(20)17-13-7-3-2-6-12(13)9-14(16)19/h2-3,6-7,11H,4-5,8-10H2,1H3,(H2,16,19)(H,17,20)/t11-/m1/s1. The van der Waals surface area contributed by atoms with Crippen molar-refractivity contribution < 1.29 is 9.59 Å². The number of rotatable bonds is 3. The number of nitrogens with one attached hydrogen (secondary N) is 1. The second kappa shape index (κ2) is 6.41. The topological polar surface area (TPSA) is 75.4 Å². The van der Waals surface area contributed by atoms with Crippen LogP contribution in [-0.2, 0) is 11.2 Å². The molecule has 0 unspecified atom stereocenters. The second-order valence-electron chi connectivity index (χ2n) is 5.42. The first-order chi connectivity index (χ1) is 9.56. The lowest BCUT2D eigenvalue weighted by Gasteiger charge is -2.31. The zero-order valence-corrected chi connectivity index (χ0v) is 11.8. The second-order valence-corrected chi connectivity index (χ2v) is 5.42. The molecule has 1 aromatic rings. The summed E-state index contributed by atoms with van der Waals surface area (Å²) in [4.78, 5) is 25.1. The summed E-state index contributed by atoms with van der Waals surface area (Å²) in [6.07, 6.45) is 2.34. The molecule has 1 fully saturated rings. The van der Waals surface area contributed by atoms with E-state index >= 15 is 0 Å². The molecule has 20 heavy (non-hydrogen) atoms. The maximum Gasteiger partial charge on any atom is 0.321 e. The predicted molar refractivity (Wildman–Crippen MR) is 78.3 cm³/mol. The van der Waals surface area contributed by atoms with Crippen molar-refractivity contribution in [3.05, 3.63) is 29.8 Å². The van der Waals surface area contributed by atoms with Gasteiger partial charge in [0.1, 0.15) is 0 Å². The average molecular weight is 275 g/mol. The van der Waals surface area contributed by atoms with Gasteiger partial charge in [-0.15, -0.1) is 0 Å². The SMILES string of the molecule is C[C@@H]1CCCN(C(=O)Nc2ccccc2CC(N)=O)C1. The van der Waals surface area contributed by atoms with Crippen LogP contribution in [0.1, 0.15) is 25.3 Å². The lowest BCUT2D eigenvalue weighted by Crippen LogP contribution is -2.41. The van der Waals surface area contributed by atoms with Gasteiger partial charge < -0.3 is 16.0 Å². The Labute approximate surface area is 119 Å². The van der Waals surface area contributed by atoms with Crippen molar-refractivity contribution in [1.29, 1.82) is 0 Å². The molecule has 1 aliphatic rings. The van der Waals surface area contributed by atoms with Crippen molar-refractivity contribution in [3.8, 4) is 0 Å². The van der Waals surface area contributed by atoms with Gasteiger partial charge in [-0.1, -0.05) is 25.1 Å². The number of piperidine rings is 1. The molecule has 0 aromatic heterocycles. The van der Waals surface area contributed by atoms with E-state index < -0.39 is 5.91 Å². The van der Waals surface area contributed by atoms with Crippen LogP contribution in [0.5, 0.6) is 0 Å². The molecule has 0 bridgehead atoms. The maximum absolute atomic E-state index is 12.2. The molecule has 0 aliphatic carbocycles. The Kier molecular flexibility index (Phi) is 4.61. The molecule has 3 amide bonds. The number of hydrogen-bond acceptors (Lipinski definition) is 2. The zero-order chi connectivity index (χ0) is 14.5. The Hall–Kier alpha value is -2.04. The van der Waals surface area contributed by atoms with Crippen LogP contribution >= 0.6 is 0 Å². The summed E-state index contributed by atoms with van der Waals surface area (Å²) >= 11 is 0. The highest BCUT2D eigenvalue weighted by Gasteiger charge is 2.21. The van der Waals surface area contributed by atoms with Crippen LogP contribution in [0, 0.1) is 5.92 Å². The Morgan fingerprint density at radius 2 is 2.15 bits per heavy atom. The molecule has 2 rings (SSSR count). The highest BCUT2D eigenvalue weighted by atomic mass is 16.2. The number of hydrogen-bond donors (Lipinski definition) is 2. The Morgan fingerprint density at radius 3 is 2.85 bits per heavy atom. The average Bonchev–Trinajstić information content (AvgIpc) is 2.40. The Bertz CT molecular complexity index is 502. The van der Waals surface area contributed by atoms with E-state index in [4.69, 9.17) is 5.73 Å². The summed E-state index contributed by atoms with van der Waals surface area (Å²) in [6.45, 7) is 3.72. The van der Waals surface area contributed by atoms with E-state index in [1.807, 2.05) is 17.0 Å². The molecule has 0 saturated carbocycles. The Balaban J connectivity index is 2.05. The summed E-state index contributed by atoms with van der Waals surface area (Å²) in [5, 5.41) is 2.89. The minimum absolute atomic E-state index is 0.103. The highest BCUT2D eigenvalue weighted by molar-refractivity contribution is 5.91. The lowest BCUT2D eigenvalue weighted by molar-refractivity contribution is -0.117. The minimum atomic E-state index is -0.404. The van der Waals surface area contributed by atoms with E-state index in [0.29, 0.717) is 11.6 Å². The van der Waals surface area contributed by atoms with Crippen LogP contribution in [0.3, 0.4) is 0 Å². The van der Waals surface area contributed by atoms with Crippen molar-refractivity contribution in [1.82, 2.24) is 4.90 Å². The molecule has 1 aliphatic heterocycles. The largest absolute Gasteiger partial charge is 0.369 e. The molecule has 0 radical (unpaired) electrons. The van der Waals surface area contributed by atoms with Crippen molar-refractivity contribution in [2.45, 2.75) is 26.2 Å². The number of urea groups is 1. The molecular weight excluding hydrogens is 254 g/mol. The highest BCUT2D eigenvalue weighted by Crippen LogP contribution is 2.19. The van der Waals surface area contributed by atoms with Crippen LogP contribution in [0.2, 0.25) is 0 Å². The van der Waals surface area contributed by atoms with Gasteiger partial charge in [-0.2, -0.15) is 0 Å². The van der Waals surface area contributed by atoms with Crippen LogP contribution in [0.15, 0.2) is 24.3 Å². The van der Waals surface area contributed by atoms with Gasteiger partial charge in [0.2, 0.25) is 5.91 Å². The molecule has 0 spiro atoms. The predicted octanol–water partition coefficient (Wildman–Crippen LogP) is 1.98. The van der Waals surface area contributed by atoms with E-state index in [1.54, 1.807) is 12.1 Å². The van der Waals surface area contributed by atoms with Crippen molar-refractivity contribution in [2.24, 2.45) is 11.7 Å². The van der Waals surface area contributed by atoms with Gasteiger partial charge in [-0.3, -0.25) is 4.79 Å². The summed E-state index contributed by atoms with van der Waals surface area (Å²) in [5.41, 5.74) is 6.63. The number of carbonyl (C=O) groups excluding carboxylic acids is 2. The van der Waals surface area contributed by atoms with Gasteiger partial charge in [-0.05, 0) is 30.4 Å². The van der Waals surface area contributed by atoms with Gasteiger partial charge in [-0.25, -0.2) is 4.79 Å².